The van der Waals surface area contributed by atoms with Crippen LogP contribution in [0.4, 0.5) is 21.7 Å². The molecule has 126 valence electrons. The third kappa shape index (κ3) is 3.89. The minimum atomic E-state index is -0.435. The minimum Gasteiger partial charge on any atom is -0.495 e. The maximum Gasteiger partial charge on any atom is 0.274 e. The quantitative estimate of drug-likeness (QED) is 0.743. The number of aromatic nitrogens is 2. The summed E-state index contributed by atoms with van der Waals surface area (Å²) in [4.78, 5) is 20.5. The maximum absolute atomic E-state index is 13.7. The molecule has 25 heavy (non-hydrogen) atoms. The molecule has 0 bridgehead atoms. The van der Waals surface area contributed by atoms with Crippen molar-refractivity contribution in [3.05, 3.63) is 72.3 Å². The third-order valence-electron chi connectivity index (χ3n) is 3.36. The standard InChI is InChI=1S/C18H15FN4O2/c1-25-16-9-5-4-8-14(16)21-17(24)15-10-11-20-18(23-15)22-13-7-3-2-6-12(13)19/h2-11H,1H3,(H,21,24)(H,20,22,23). The predicted octanol–water partition coefficient (Wildman–Crippen LogP) is 3.62. The van der Waals surface area contributed by atoms with E-state index in [1.54, 1.807) is 42.5 Å². The van der Waals surface area contributed by atoms with Gasteiger partial charge in [-0.2, -0.15) is 0 Å². The van der Waals surface area contributed by atoms with E-state index < -0.39 is 11.7 Å². The summed E-state index contributed by atoms with van der Waals surface area (Å²) in [6.07, 6.45) is 1.42. The van der Waals surface area contributed by atoms with Crippen LogP contribution >= 0.6 is 0 Å². The molecular formula is C18H15FN4O2. The average molecular weight is 338 g/mol. The number of hydrogen-bond donors (Lipinski definition) is 2. The Morgan fingerprint density at radius 1 is 1.04 bits per heavy atom. The number of carbonyl (C=O) groups excluding carboxylic acids is 1. The summed E-state index contributed by atoms with van der Waals surface area (Å²) in [5, 5.41) is 5.48. The molecule has 2 N–H and O–H groups in total. The van der Waals surface area contributed by atoms with E-state index in [2.05, 4.69) is 20.6 Å². The average Bonchev–Trinajstić information content (AvgIpc) is 2.64. The first-order valence-corrected chi connectivity index (χ1v) is 7.46. The van der Waals surface area contributed by atoms with Gasteiger partial charge in [0.15, 0.2) is 0 Å². The molecule has 0 atom stereocenters. The number of anilines is 3. The third-order valence-corrected chi connectivity index (χ3v) is 3.36. The van der Waals surface area contributed by atoms with E-state index in [4.69, 9.17) is 4.74 Å². The number of ether oxygens (including phenoxy) is 1. The first kappa shape index (κ1) is 16.4. The van der Waals surface area contributed by atoms with E-state index in [-0.39, 0.29) is 17.3 Å². The van der Waals surface area contributed by atoms with E-state index in [1.807, 2.05) is 0 Å². The number of nitrogens with zero attached hydrogens (tertiary/aromatic N) is 2. The Morgan fingerprint density at radius 3 is 2.52 bits per heavy atom. The highest BCUT2D eigenvalue weighted by Gasteiger charge is 2.12. The lowest BCUT2D eigenvalue weighted by Crippen LogP contribution is -2.15. The van der Waals surface area contributed by atoms with Crippen molar-refractivity contribution in [1.82, 2.24) is 9.97 Å². The molecule has 3 aromatic rings. The Labute approximate surface area is 143 Å². The van der Waals surface area contributed by atoms with Crippen LogP contribution < -0.4 is 15.4 Å². The number of carbonyl (C=O) groups is 1. The van der Waals surface area contributed by atoms with E-state index in [1.165, 1.54) is 25.4 Å². The molecule has 6 nitrogen and oxygen atoms in total. The van der Waals surface area contributed by atoms with Gasteiger partial charge in [-0.1, -0.05) is 24.3 Å². The number of amides is 1. The van der Waals surface area contributed by atoms with Gasteiger partial charge in [-0.05, 0) is 30.3 Å². The lowest BCUT2D eigenvalue weighted by molar-refractivity contribution is 0.102. The number of methoxy groups -OCH3 is 1. The van der Waals surface area contributed by atoms with Crippen molar-refractivity contribution >= 4 is 23.2 Å². The molecular weight excluding hydrogens is 323 g/mol. The normalized spacial score (nSPS) is 10.2. The summed E-state index contributed by atoms with van der Waals surface area (Å²) in [7, 11) is 1.52. The van der Waals surface area contributed by atoms with Gasteiger partial charge >= 0.3 is 0 Å². The lowest BCUT2D eigenvalue weighted by atomic mass is 10.2. The highest BCUT2D eigenvalue weighted by molar-refractivity contribution is 6.03. The first-order valence-electron chi connectivity index (χ1n) is 7.46. The summed E-state index contributed by atoms with van der Waals surface area (Å²) < 4.78 is 18.9. The van der Waals surface area contributed by atoms with E-state index in [0.29, 0.717) is 11.4 Å². The molecule has 0 saturated heterocycles. The fourth-order valence-corrected chi connectivity index (χ4v) is 2.16. The summed E-state index contributed by atoms with van der Waals surface area (Å²) in [6.45, 7) is 0. The Kier molecular flexibility index (Phi) is 4.84. The molecule has 0 aliphatic rings. The van der Waals surface area contributed by atoms with Crippen LogP contribution in [-0.2, 0) is 0 Å². The number of benzene rings is 2. The van der Waals surface area contributed by atoms with E-state index >= 15 is 0 Å². The van der Waals surface area contributed by atoms with Crippen molar-refractivity contribution in [1.29, 1.82) is 0 Å². The second kappa shape index (κ2) is 7.39. The lowest BCUT2D eigenvalue weighted by Gasteiger charge is -2.10. The van der Waals surface area contributed by atoms with Gasteiger partial charge in [-0.15, -0.1) is 0 Å². The van der Waals surface area contributed by atoms with Gasteiger partial charge in [0.2, 0.25) is 5.95 Å². The van der Waals surface area contributed by atoms with Gasteiger partial charge < -0.3 is 15.4 Å². The van der Waals surface area contributed by atoms with Crippen LogP contribution in [0.25, 0.3) is 0 Å². The number of para-hydroxylation sites is 3. The van der Waals surface area contributed by atoms with Gasteiger partial charge in [0.05, 0.1) is 18.5 Å². The molecule has 1 heterocycles. The van der Waals surface area contributed by atoms with Crippen LogP contribution in [0.5, 0.6) is 5.75 Å². The highest BCUT2D eigenvalue weighted by atomic mass is 19.1. The fourth-order valence-electron chi connectivity index (χ4n) is 2.16. The van der Waals surface area contributed by atoms with Crippen molar-refractivity contribution in [2.75, 3.05) is 17.7 Å². The monoisotopic (exact) mass is 338 g/mol. The maximum atomic E-state index is 13.7. The SMILES string of the molecule is COc1ccccc1NC(=O)c1ccnc(Nc2ccccc2F)n1. The molecule has 0 spiro atoms. The summed E-state index contributed by atoms with van der Waals surface area (Å²) in [5.74, 6) is -0.203. The highest BCUT2D eigenvalue weighted by Crippen LogP contribution is 2.23. The van der Waals surface area contributed by atoms with Crippen LogP contribution in [-0.4, -0.2) is 23.0 Å². The van der Waals surface area contributed by atoms with Crippen molar-refractivity contribution in [3.63, 3.8) is 0 Å². The zero-order valence-corrected chi connectivity index (χ0v) is 13.4. The van der Waals surface area contributed by atoms with Crippen LogP contribution in [0.1, 0.15) is 10.5 Å². The zero-order valence-electron chi connectivity index (χ0n) is 13.4. The molecule has 1 amide bonds. The second-order valence-corrected chi connectivity index (χ2v) is 5.02. The largest absolute Gasteiger partial charge is 0.495 e. The Hall–Kier alpha value is -3.48. The molecule has 0 unspecified atom stereocenters. The predicted molar refractivity (Wildman–Crippen MR) is 92.7 cm³/mol. The number of nitrogens with one attached hydrogen (secondary N) is 2. The summed E-state index contributed by atoms with van der Waals surface area (Å²) >= 11 is 0. The van der Waals surface area contributed by atoms with Gasteiger partial charge in [-0.3, -0.25) is 4.79 Å². The molecule has 0 aliphatic carbocycles. The molecule has 1 aromatic heterocycles. The van der Waals surface area contributed by atoms with Gasteiger partial charge in [0.25, 0.3) is 5.91 Å². The molecule has 0 aliphatic heterocycles. The van der Waals surface area contributed by atoms with Gasteiger partial charge in [0.1, 0.15) is 17.3 Å². The number of rotatable bonds is 5. The van der Waals surface area contributed by atoms with Gasteiger partial charge in [0, 0.05) is 6.20 Å². The van der Waals surface area contributed by atoms with Crippen LogP contribution in [0.2, 0.25) is 0 Å². The molecule has 2 aromatic carbocycles. The zero-order chi connectivity index (χ0) is 17.6. The summed E-state index contributed by atoms with van der Waals surface area (Å²) in [6, 6.07) is 14.6. The van der Waals surface area contributed by atoms with E-state index in [9.17, 15) is 9.18 Å². The molecule has 0 fully saturated rings. The fraction of sp³-hybridized carbons (Fsp3) is 0.0556. The summed E-state index contributed by atoms with van der Waals surface area (Å²) in [5.41, 5.74) is 0.891. The number of hydrogen-bond acceptors (Lipinski definition) is 5. The van der Waals surface area contributed by atoms with Crippen molar-refractivity contribution < 1.29 is 13.9 Å². The topological polar surface area (TPSA) is 76.1 Å². The van der Waals surface area contributed by atoms with Crippen molar-refractivity contribution in [3.8, 4) is 5.75 Å². The van der Waals surface area contributed by atoms with Gasteiger partial charge in [-0.25, -0.2) is 14.4 Å². The number of halogens is 1. The second-order valence-electron chi connectivity index (χ2n) is 5.02. The first-order chi connectivity index (χ1) is 12.2. The Morgan fingerprint density at radius 2 is 1.76 bits per heavy atom. The van der Waals surface area contributed by atoms with E-state index in [0.717, 1.165) is 0 Å². The smallest absolute Gasteiger partial charge is 0.274 e. The van der Waals surface area contributed by atoms with Crippen LogP contribution in [0.15, 0.2) is 60.8 Å². The van der Waals surface area contributed by atoms with Crippen molar-refractivity contribution in [2.24, 2.45) is 0 Å². The van der Waals surface area contributed by atoms with Crippen molar-refractivity contribution in [2.45, 2.75) is 0 Å². The Balaban J connectivity index is 1.79. The Bertz CT molecular complexity index is 902. The molecule has 3 rings (SSSR count). The van der Waals surface area contributed by atoms with Crippen LogP contribution in [0, 0.1) is 5.82 Å². The van der Waals surface area contributed by atoms with Crippen LogP contribution in [0.3, 0.4) is 0 Å². The molecule has 0 saturated carbocycles. The molecule has 0 radical (unpaired) electrons. The molecule has 7 heteroatoms. The minimum absolute atomic E-state index is 0.123.